The van der Waals surface area contributed by atoms with E-state index in [4.69, 9.17) is 10.2 Å². The zero-order valence-corrected chi connectivity index (χ0v) is 15.3. The summed E-state index contributed by atoms with van der Waals surface area (Å²) < 4.78 is 6.63. The molecule has 0 bridgehead atoms. The number of carbonyl (C=O) groups excluding carboxylic acids is 1. The molecule has 142 valence electrons. The minimum Gasteiger partial charge on any atom is -0.467 e. The van der Waals surface area contributed by atoms with Gasteiger partial charge in [-0.15, -0.1) is 0 Å². The van der Waals surface area contributed by atoms with E-state index < -0.39 is 11.2 Å². The Bertz CT molecular complexity index is 836. The van der Waals surface area contributed by atoms with E-state index in [1.165, 1.54) is 15.7 Å². The third-order valence-corrected chi connectivity index (χ3v) is 4.16. The lowest BCUT2D eigenvalue weighted by molar-refractivity contribution is -0.118. The van der Waals surface area contributed by atoms with Gasteiger partial charge in [0.05, 0.1) is 12.8 Å². The Kier molecular flexibility index (Phi) is 6.82. The van der Waals surface area contributed by atoms with Gasteiger partial charge in [0.15, 0.2) is 5.69 Å². The molecule has 0 aliphatic heterocycles. The minimum atomic E-state index is -0.670. The largest absolute Gasteiger partial charge is 0.467 e. The van der Waals surface area contributed by atoms with Crippen LogP contribution in [0.3, 0.4) is 0 Å². The molecule has 2 heterocycles. The zero-order valence-electron chi connectivity index (χ0n) is 15.3. The fourth-order valence-corrected chi connectivity index (χ4v) is 2.69. The van der Waals surface area contributed by atoms with Crippen LogP contribution in [0.2, 0.25) is 0 Å². The van der Waals surface area contributed by atoms with Crippen LogP contribution in [0.1, 0.15) is 51.7 Å². The van der Waals surface area contributed by atoms with Crippen LogP contribution in [0, 0.1) is 0 Å². The molecule has 8 heteroatoms. The molecule has 0 radical (unpaired) electrons. The molecule has 8 nitrogen and oxygen atoms in total. The Morgan fingerprint density at radius 2 is 2.00 bits per heavy atom. The Balaban J connectivity index is 2.50. The SMILES string of the molecule is CCCCC(=O)N(Cc1ccco1)c1c(N)n(CCCC)c(=O)[nH]c1=O. The Labute approximate surface area is 151 Å². The highest BCUT2D eigenvalue weighted by atomic mass is 16.3. The van der Waals surface area contributed by atoms with E-state index in [2.05, 4.69) is 4.98 Å². The normalized spacial score (nSPS) is 10.8. The van der Waals surface area contributed by atoms with Crippen LogP contribution < -0.4 is 21.9 Å². The maximum atomic E-state index is 12.7. The average molecular weight is 362 g/mol. The van der Waals surface area contributed by atoms with Crippen molar-refractivity contribution in [1.82, 2.24) is 9.55 Å². The first-order chi connectivity index (χ1) is 12.5. The number of amides is 1. The number of nitrogens with two attached hydrogens (primary N) is 1. The molecule has 0 spiro atoms. The van der Waals surface area contributed by atoms with Gasteiger partial charge in [-0.1, -0.05) is 26.7 Å². The molecule has 0 aliphatic rings. The van der Waals surface area contributed by atoms with Crippen molar-refractivity contribution >= 4 is 17.4 Å². The first-order valence-corrected chi connectivity index (χ1v) is 8.94. The maximum Gasteiger partial charge on any atom is 0.330 e. The van der Waals surface area contributed by atoms with Crippen molar-refractivity contribution in [3.8, 4) is 0 Å². The standard InChI is InChI=1S/C18H26N4O4/c1-3-5-9-14(23)22(12-13-8-7-11-26-13)15-16(19)21(10-6-4-2)18(25)20-17(15)24/h7-8,11H,3-6,9-10,12,19H2,1-2H3,(H,20,24,25). The summed E-state index contributed by atoms with van der Waals surface area (Å²) in [5.74, 6) is 0.296. The summed E-state index contributed by atoms with van der Waals surface area (Å²) >= 11 is 0. The molecule has 0 aromatic carbocycles. The second kappa shape index (κ2) is 9.07. The highest BCUT2D eigenvalue weighted by Gasteiger charge is 2.24. The van der Waals surface area contributed by atoms with Crippen LogP contribution in [0.5, 0.6) is 0 Å². The lowest BCUT2D eigenvalue weighted by Crippen LogP contribution is -2.40. The molecule has 0 fully saturated rings. The van der Waals surface area contributed by atoms with E-state index in [9.17, 15) is 14.4 Å². The summed E-state index contributed by atoms with van der Waals surface area (Å²) in [6.45, 7) is 4.43. The molecule has 26 heavy (non-hydrogen) atoms. The molecule has 0 unspecified atom stereocenters. The topological polar surface area (TPSA) is 114 Å². The second-order valence-corrected chi connectivity index (χ2v) is 6.16. The number of rotatable bonds is 9. The molecule has 0 atom stereocenters. The molecule has 0 saturated carbocycles. The Morgan fingerprint density at radius 1 is 1.27 bits per heavy atom. The summed E-state index contributed by atoms with van der Waals surface area (Å²) in [5, 5.41) is 0. The van der Waals surface area contributed by atoms with E-state index in [1.807, 2.05) is 13.8 Å². The number of nitrogens with one attached hydrogen (secondary N) is 1. The van der Waals surface area contributed by atoms with Crippen LogP contribution in [-0.4, -0.2) is 15.5 Å². The summed E-state index contributed by atoms with van der Waals surface area (Å²) in [6.07, 6.45) is 4.93. The number of hydrogen-bond acceptors (Lipinski definition) is 5. The van der Waals surface area contributed by atoms with E-state index in [1.54, 1.807) is 12.1 Å². The van der Waals surface area contributed by atoms with E-state index in [-0.39, 0.29) is 30.4 Å². The zero-order chi connectivity index (χ0) is 19.1. The van der Waals surface area contributed by atoms with E-state index in [0.717, 1.165) is 19.3 Å². The lowest BCUT2D eigenvalue weighted by Gasteiger charge is -2.23. The number of aromatic nitrogens is 2. The van der Waals surface area contributed by atoms with Crippen molar-refractivity contribution in [1.29, 1.82) is 0 Å². The molecule has 2 aromatic heterocycles. The predicted octanol–water partition coefficient (Wildman–Crippen LogP) is 2.24. The number of nitrogen functional groups attached to an aromatic ring is 1. The van der Waals surface area contributed by atoms with Crippen LogP contribution in [0.15, 0.2) is 32.4 Å². The van der Waals surface area contributed by atoms with Gasteiger partial charge in [-0.25, -0.2) is 4.79 Å². The van der Waals surface area contributed by atoms with Gasteiger partial charge in [-0.2, -0.15) is 0 Å². The smallest absolute Gasteiger partial charge is 0.330 e. The fraction of sp³-hybridized carbons (Fsp3) is 0.500. The molecule has 2 rings (SSSR count). The lowest BCUT2D eigenvalue weighted by atomic mass is 10.2. The van der Waals surface area contributed by atoms with Crippen LogP contribution in [0.25, 0.3) is 0 Å². The quantitative estimate of drug-likeness (QED) is 0.710. The van der Waals surface area contributed by atoms with Gasteiger partial charge in [-0.05, 0) is 25.0 Å². The summed E-state index contributed by atoms with van der Waals surface area (Å²) in [7, 11) is 0. The number of anilines is 2. The first-order valence-electron chi connectivity index (χ1n) is 8.94. The monoisotopic (exact) mass is 362 g/mol. The van der Waals surface area contributed by atoms with Crippen molar-refractivity contribution in [2.75, 3.05) is 10.6 Å². The molecule has 2 aromatic rings. The summed E-state index contributed by atoms with van der Waals surface area (Å²) in [4.78, 5) is 40.9. The first kappa shape index (κ1) is 19.6. The molecule has 0 saturated heterocycles. The summed E-state index contributed by atoms with van der Waals surface area (Å²) in [5.41, 5.74) is 4.90. The number of aromatic amines is 1. The van der Waals surface area contributed by atoms with Crippen molar-refractivity contribution in [2.45, 2.75) is 59.0 Å². The third-order valence-electron chi connectivity index (χ3n) is 4.16. The van der Waals surface area contributed by atoms with Gasteiger partial charge in [0.2, 0.25) is 5.91 Å². The minimum absolute atomic E-state index is 0.00166. The molecule has 1 amide bonds. The van der Waals surface area contributed by atoms with Gasteiger partial charge in [0.1, 0.15) is 11.6 Å². The number of H-pyrrole nitrogens is 1. The maximum absolute atomic E-state index is 12.7. The van der Waals surface area contributed by atoms with Crippen molar-refractivity contribution in [3.63, 3.8) is 0 Å². The predicted molar refractivity (Wildman–Crippen MR) is 100 cm³/mol. The van der Waals surface area contributed by atoms with E-state index in [0.29, 0.717) is 18.7 Å². The number of nitrogens with zero attached hydrogens (tertiary/aromatic N) is 2. The third kappa shape index (κ3) is 4.44. The van der Waals surface area contributed by atoms with E-state index >= 15 is 0 Å². The highest BCUT2D eigenvalue weighted by Crippen LogP contribution is 2.21. The molecule has 0 aliphatic carbocycles. The number of hydrogen-bond donors (Lipinski definition) is 2. The molecular formula is C18H26N4O4. The van der Waals surface area contributed by atoms with Crippen LogP contribution >= 0.6 is 0 Å². The Morgan fingerprint density at radius 3 is 2.62 bits per heavy atom. The number of furan rings is 1. The van der Waals surface area contributed by atoms with Gasteiger partial charge in [0.25, 0.3) is 5.56 Å². The van der Waals surface area contributed by atoms with Crippen molar-refractivity contribution < 1.29 is 9.21 Å². The van der Waals surface area contributed by atoms with Gasteiger partial charge in [-0.3, -0.25) is 24.0 Å². The molecular weight excluding hydrogens is 336 g/mol. The summed E-state index contributed by atoms with van der Waals surface area (Å²) in [6, 6.07) is 3.43. The van der Waals surface area contributed by atoms with Crippen molar-refractivity contribution in [3.05, 3.63) is 45.0 Å². The average Bonchev–Trinajstić information content (AvgIpc) is 3.11. The number of carbonyl (C=O) groups is 1. The van der Waals surface area contributed by atoms with Crippen LogP contribution in [-0.2, 0) is 17.9 Å². The second-order valence-electron chi connectivity index (χ2n) is 6.16. The van der Waals surface area contributed by atoms with Gasteiger partial charge in [0, 0.05) is 13.0 Å². The van der Waals surface area contributed by atoms with Gasteiger partial charge >= 0.3 is 5.69 Å². The van der Waals surface area contributed by atoms with Gasteiger partial charge < -0.3 is 10.2 Å². The van der Waals surface area contributed by atoms with Crippen molar-refractivity contribution in [2.24, 2.45) is 0 Å². The van der Waals surface area contributed by atoms with Crippen LogP contribution in [0.4, 0.5) is 11.5 Å². The Hall–Kier alpha value is -2.77. The fourth-order valence-electron chi connectivity index (χ4n) is 2.69. The molecule has 3 N–H and O–H groups in total. The number of unbranched alkanes of at least 4 members (excludes halogenated alkanes) is 2. The highest BCUT2D eigenvalue weighted by molar-refractivity contribution is 5.95.